The first-order chi connectivity index (χ1) is 9.06. The molecule has 102 valence electrons. The molecule has 0 saturated carbocycles. The van der Waals surface area contributed by atoms with Crippen LogP contribution in [0.5, 0.6) is 0 Å². The first kappa shape index (κ1) is 13.8. The average molecular weight is 283 g/mol. The van der Waals surface area contributed by atoms with E-state index < -0.39 is 4.92 Å². The molecule has 1 aromatic carbocycles. The van der Waals surface area contributed by atoms with Gasteiger partial charge in [0.05, 0.1) is 10.5 Å². The lowest BCUT2D eigenvalue weighted by molar-refractivity contribution is -0.384. The molecule has 1 aromatic rings. The first-order valence-corrected chi connectivity index (χ1v) is 6.68. The Morgan fingerprint density at radius 2 is 2.32 bits per heavy atom. The lowest BCUT2D eigenvalue weighted by atomic mass is 10.1. The molecular formula is C13H15ClN2O3. The normalized spacial score (nSPS) is 18.6. The van der Waals surface area contributed by atoms with E-state index in [0.29, 0.717) is 6.54 Å². The van der Waals surface area contributed by atoms with Gasteiger partial charge in [-0.15, -0.1) is 0 Å². The minimum absolute atomic E-state index is 0.0701. The Kier molecular flexibility index (Phi) is 4.04. The van der Waals surface area contributed by atoms with E-state index in [0.717, 1.165) is 19.3 Å². The zero-order valence-electron chi connectivity index (χ0n) is 10.6. The van der Waals surface area contributed by atoms with Crippen molar-refractivity contribution in [3.8, 4) is 0 Å². The molecule has 19 heavy (non-hydrogen) atoms. The molecule has 1 amide bonds. The van der Waals surface area contributed by atoms with Crippen LogP contribution in [0.25, 0.3) is 0 Å². The van der Waals surface area contributed by atoms with Crippen LogP contribution >= 0.6 is 11.6 Å². The lowest BCUT2D eigenvalue weighted by Gasteiger charge is -2.24. The van der Waals surface area contributed by atoms with Crippen LogP contribution in [0.2, 0.25) is 5.02 Å². The van der Waals surface area contributed by atoms with Crippen LogP contribution in [0, 0.1) is 10.1 Å². The summed E-state index contributed by atoms with van der Waals surface area (Å²) in [6, 6.07) is 4.56. The highest BCUT2D eigenvalue weighted by molar-refractivity contribution is 6.35. The Labute approximate surface area is 116 Å². The highest BCUT2D eigenvalue weighted by Gasteiger charge is 2.30. The molecule has 1 aliphatic heterocycles. The van der Waals surface area contributed by atoms with Crippen molar-refractivity contribution in [2.45, 2.75) is 32.2 Å². The number of nitro groups is 1. The number of likely N-dealkylation sites (tertiary alicyclic amines) is 1. The highest BCUT2D eigenvalue weighted by atomic mass is 35.5. The van der Waals surface area contributed by atoms with Gasteiger partial charge in [0, 0.05) is 18.7 Å². The maximum atomic E-state index is 12.4. The summed E-state index contributed by atoms with van der Waals surface area (Å²) in [4.78, 5) is 24.5. The molecule has 1 saturated heterocycles. The second-order valence-electron chi connectivity index (χ2n) is 4.60. The predicted octanol–water partition coefficient (Wildman–Crippen LogP) is 3.26. The molecule has 5 nitrogen and oxygen atoms in total. The fourth-order valence-electron chi connectivity index (χ4n) is 2.51. The number of hydrogen-bond donors (Lipinski definition) is 0. The van der Waals surface area contributed by atoms with Gasteiger partial charge in [0.2, 0.25) is 0 Å². The minimum atomic E-state index is -0.569. The van der Waals surface area contributed by atoms with Gasteiger partial charge < -0.3 is 4.90 Å². The number of carbonyl (C=O) groups excluding carboxylic acids is 1. The van der Waals surface area contributed by atoms with Crippen molar-refractivity contribution in [2.24, 2.45) is 0 Å². The van der Waals surface area contributed by atoms with E-state index >= 15 is 0 Å². The smallest absolute Gasteiger partial charge is 0.288 e. The number of amides is 1. The minimum Gasteiger partial charge on any atom is -0.336 e. The van der Waals surface area contributed by atoms with Gasteiger partial charge in [-0.05, 0) is 25.3 Å². The third kappa shape index (κ3) is 2.56. The van der Waals surface area contributed by atoms with E-state index in [2.05, 4.69) is 0 Å². The van der Waals surface area contributed by atoms with E-state index in [1.165, 1.54) is 12.1 Å². The van der Waals surface area contributed by atoms with Crippen molar-refractivity contribution >= 4 is 23.2 Å². The second-order valence-corrected chi connectivity index (χ2v) is 4.98. The molecule has 1 unspecified atom stereocenters. The third-order valence-corrected chi connectivity index (χ3v) is 3.91. The van der Waals surface area contributed by atoms with Crippen LogP contribution in [0.15, 0.2) is 18.2 Å². The summed E-state index contributed by atoms with van der Waals surface area (Å²) in [5.74, 6) is -0.210. The molecule has 0 radical (unpaired) electrons. The monoisotopic (exact) mass is 282 g/mol. The van der Waals surface area contributed by atoms with Gasteiger partial charge >= 0.3 is 0 Å². The fourth-order valence-corrected chi connectivity index (χ4v) is 2.78. The van der Waals surface area contributed by atoms with Crippen molar-refractivity contribution in [3.63, 3.8) is 0 Å². The molecule has 0 aromatic heterocycles. The number of hydrogen-bond acceptors (Lipinski definition) is 3. The Bertz CT molecular complexity index is 519. The number of benzene rings is 1. The van der Waals surface area contributed by atoms with Crippen molar-refractivity contribution in [2.75, 3.05) is 6.54 Å². The number of nitro benzene ring substituents is 1. The van der Waals surface area contributed by atoms with Crippen LogP contribution in [0.4, 0.5) is 5.69 Å². The van der Waals surface area contributed by atoms with Gasteiger partial charge in [0.25, 0.3) is 11.6 Å². The molecular weight excluding hydrogens is 268 g/mol. The standard InChI is InChI=1S/C13H15ClN2O3/c1-2-9-5-4-8-15(9)13(17)10-6-3-7-11(12(10)14)16(18)19/h3,6-7,9H,2,4-5,8H2,1H3. The molecule has 2 rings (SSSR count). The van der Waals surface area contributed by atoms with Crippen molar-refractivity contribution in [1.29, 1.82) is 0 Å². The summed E-state index contributed by atoms with van der Waals surface area (Å²) in [6.07, 6.45) is 2.84. The van der Waals surface area contributed by atoms with Crippen molar-refractivity contribution in [3.05, 3.63) is 38.9 Å². The summed E-state index contributed by atoms with van der Waals surface area (Å²) < 4.78 is 0. The topological polar surface area (TPSA) is 63.5 Å². The number of carbonyl (C=O) groups is 1. The van der Waals surface area contributed by atoms with Gasteiger partial charge in [0.15, 0.2) is 0 Å². The lowest BCUT2D eigenvalue weighted by Crippen LogP contribution is -2.35. The van der Waals surface area contributed by atoms with Crippen molar-refractivity contribution in [1.82, 2.24) is 4.90 Å². The molecule has 1 atom stereocenters. The Balaban J connectivity index is 2.34. The molecule has 0 bridgehead atoms. The van der Waals surface area contributed by atoms with E-state index in [1.54, 1.807) is 11.0 Å². The molecule has 0 aliphatic carbocycles. The van der Waals surface area contributed by atoms with Crippen LogP contribution in [-0.4, -0.2) is 28.3 Å². The Morgan fingerprint density at radius 3 is 2.95 bits per heavy atom. The zero-order valence-corrected chi connectivity index (χ0v) is 11.4. The summed E-state index contributed by atoms with van der Waals surface area (Å²) >= 11 is 5.98. The average Bonchev–Trinajstić information content (AvgIpc) is 2.86. The van der Waals surface area contributed by atoms with Crippen LogP contribution in [0.1, 0.15) is 36.5 Å². The SMILES string of the molecule is CCC1CCCN1C(=O)c1cccc([N+](=O)[O-])c1Cl. The number of nitrogens with zero attached hydrogens (tertiary/aromatic N) is 2. The van der Waals surface area contributed by atoms with Gasteiger partial charge in [-0.3, -0.25) is 14.9 Å². The van der Waals surface area contributed by atoms with Crippen LogP contribution in [-0.2, 0) is 0 Å². The molecule has 1 aliphatic rings. The van der Waals surface area contributed by atoms with Gasteiger partial charge in [-0.2, -0.15) is 0 Å². The first-order valence-electron chi connectivity index (χ1n) is 6.30. The van der Waals surface area contributed by atoms with Crippen LogP contribution in [0.3, 0.4) is 0 Å². The van der Waals surface area contributed by atoms with Crippen molar-refractivity contribution < 1.29 is 9.72 Å². The summed E-state index contributed by atoms with van der Waals surface area (Å²) in [5.41, 5.74) is -0.00372. The van der Waals surface area contributed by atoms with E-state index in [1.807, 2.05) is 6.92 Å². The predicted molar refractivity (Wildman–Crippen MR) is 72.5 cm³/mol. The largest absolute Gasteiger partial charge is 0.336 e. The summed E-state index contributed by atoms with van der Waals surface area (Å²) in [6.45, 7) is 2.72. The Hall–Kier alpha value is -1.62. The molecule has 0 N–H and O–H groups in total. The van der Waals surface area contributed by atoms with Gasteiger partial charge in [-0.25, -0.2) is 0 Å². The van der Waals surface area contributed by atoms with E-state index in [4.69, 9.17) is 11.6 Å². The molecule has 0 spiro atoms. The molecule has 1 heterocycles. The molecule has 6 heteroatoms. The zero-order chi connectivity index (χ0) is 14.0. The Morgan fingerprint density at radius 1 is 1.58 bits per heavy atom. The highest BCUT2D eigenvalue weighted by Crippen LogP contribution is 2.30. The fraction of sp³-hybridized carbons (Fsp3) is 0.462. The van der Waals surface area contributed by atoms with E-state index in [-0.39, 0.29) is 28.2 Å². The number of rotatable bonds is 3. The summed E-state index contributed by atoms with van der Waals surface area (Å²) in [7, 11) is 0. The second kappa shape index (κ2) is 5.57. The maximum absolute atomic E-state index is 12.4. The molecule has 1 fully saturated rings. The van der Waals surface area contributed by atoms with Gasteiger partial charge in [0.1, 0.15) is 5.02 Å². The summed E-state index contributed by atoms with van der Waals surface area (Å²) in [5, 5.41) is 10.8. The maximum Gasteiger partial charge on any atom is 0.288 e. The quantitative estimate of drug-likeness (QED) is 0.631. The third-order valence-electron chi connectivity index (χ3n) is 3.51. The number of halogens is 1. The van der Waals surface area contributed by atoms with Gasteiger partial charge in [-0.1, -0.05) is 24.6 Å². The van der Waals surface area contributed by atoms with E-state index in [9.17, 15) is 14.9 Å². The van der Waals surface area contributed by atoms with Crippen LogP contribution < -0.4 is 0 Å².